The second-order valence-electron chi connectivity index (χ2n) is 2.57. The first kappa shape index (κ1) is 11.4. The van der Waals surface area contributed by atoms with Gasteiger partial charge in [-0.25, -0.2) is 12.7 Å². The minimum Gasteiger partial charge on any atom is -0.213 e. The smallest absolute Gasteiger partial charge is 0.211 e. The third-order valence-corrected chi connectivity index (χ3v) is 2.72. The molecule has 0 saturated heterocycles. The van der Waals surface area contributed by atoms with Crippen LogP contribution in [0.3, 0.4) is 0 Å². The van der Waals surface area contributed by atoms with Gasteiger partial charge in [0, 0.05) is 19.5 Å². The van der Waals surface area contributed by atoms with Crippen LogP contribution in [0.2, 0.25) is 0 Å². The first-order valence-corrected chi connectivity index (χ1v) is 5.69. The highest BCUT2D eigenvalue weighted by molar-refractivity contribution is 7.88. The van der Waals surface area contributed by atoms with Gasteiger partial charge in [-0.1, -0.05) is 6.92 Å². The first-order chi connectivity index (χ1) is 5.52. The Balaban J connectivity index is 4.16. The van der Waals surface area contributed by atoms with Gasteiger partial charge in [0.15, 0.2) is 0 Å². The number of nitriles is 1. The van der Waals surface area contributed by atoms with E-state index in [1.165, 1.54) is 10.6 Å². The van der Waals surface area contributed by atoms with Crippen molar-refractivity contribution in [2.75, 3.05) is 19.3 Å². The van der Waals surface area contributed by atoms with E-state index in [-0.39, 0.29) is 6.42 Å². The lowest BCUT2D eigenvalue weighted by molar-refractivity contribution is 0.421. The highest BCUT2D eigenvalue weighted by atomic mass is 32.2. The van der Waals surface area contributed by atoms with Crippen molar-refractivity contribution < 1.29 is 8.42 Å². The molecule has 0 radical (unpaired) electrons. The molecule has 0 heterocycles. The quantitative estimate of drug-likeness (QED) is 0.636. The second kappa shape index (κ2) is 5.12. The molecule has 5 heteroatoms. The number of sulfonamides is 1. The Kier molecular flexibility index (Phi) is 4.86. The Bertz CT molecular complexity index is 253. The fraction of sp³-hybridized carbons (Fsp3) is 0.857. The molecular formula is C7H14N2O2S. The highest BCUT2D eigenvalue weighted by Crippen LogP contribution is 2.00. The summed E-state index contributed by atoms with van der Waals surface area (Å²) in [7, 11) is -3.12. The van der Waals surface area contributed by atoms with Gasteiger partial charge in [-0.05, 0) is 6.42 Å². The fourth-order valence-corrected chi connectivity index (χ4v) is 1.80. The SMILES string of the molecule is CCCN(CCC#N)S(C)(=O)=O. The number of hydrogen-bond acceptors (Lipinski definition) is 3. The lowest BCUT2D eigenvalue weighted by Crippen LogP contribution is -2.31. The Labute approximate surface area is 73.8 Å². The van der Waals surface area contributed by atoms with Crippen molar-refractivity contribution in [1.82, 2.24) is 4.31 Å². The van der Waals surface area contributed by atoms with Crippen LogP contribution in [-0.4, -0.2) is 32.1 Å². The van der Waals surface area contributed by atoms with E-state index in [0.29, 0.717) is 13.1 Å². The molecule has 0 aromatic heterocycles. The molecule has 0 rings (SSSR count). The number of hydrogen-bond donors (Lipinski definition) is 0. The molecule has 0 aromatic carbocycles. The average molecular weight is 190 g/mol. The van der Waals surface area contributed by atoms with Crippen LogP contribution in [0.15, 0.2) is 0 Å². The van der Waals surface area contributed by atoms with Gasteiger partial charge in [-0.15, -0.1) is 0 Å². The highest BCUT2D eigenvalue weighted by Gasteiger charge is 2.13. The molecule has 0 aromatic rings. The molecule has 0 aliphatic rings. The van der Waals surface area contributed by atoms with E-state index < -0.39 is 10.0 Å². The molecule has 0 bridgehead atoms. The van der Waals surface area contributed by atoms with Crippen LogP contribution in [0.4, 0.5) is 0 Å². The Hall–Kier alpha value is -0.600. The molecule has 0 fully saturated rings. The van der Waals surface area contributed by atoms with Gasteiger partial charge in [0.2, 0.25) is 10.0 Å². The van der Waals surface area contributed by atoms with Crippen molar-refractivity contribution in [2.45, 2.75) is 19.8 Å². The summed E-state index contributed by atoms with van der Waals surface area (Å²) in [6, 6.07) is 1.92. The maximum absolute atomic E-state index is 11.0. The summed E-state index contributed by atoms with van der Waals surface area (Å²) >= 11 is 0. The van der Waals surface area contributed by atoms with E-state index in [1.807, 2.05) is 13.0 Å². The third kappa shape index (κ3) is 4.31. The molecule has 0 saturated carbocycles. The second-order valence-corrected chi connectivity index (χ2v) is 4.55. The predicted molar refractivity (Wildman–Crippen MR) is 46.9 cm³/mol. The topological polar surface area (TPSA) is 61.2 Å². The van der Waals surface area contributed by atoms with Crippen LogP contribution in [0.5, 0.6) is 0 Å². The van der Waals surface area contributed by atoms with Crippen LogP contribution >= 0.6 is 0 Å². The molecule has 4 nitrogen and oxygen atoms in total. The minimum absolute atomic E-state index is 0.257. The molecule has 0 spiro atoms. The predicted octanol–water partition coefficient (Wildman–Crippen LogP) is 0.572. The monoisotopic (exact) mass is 190 g/mol. The van der Waals surface area contributed by atoms with Crippen molar-refractivity contribution in [3.63, 3.8) is 0 Å². The molecule has 0 aliphatic carbocycles. The summed E-state index contributed by atoms with van der Waals surface area (Å²) in [6.45, 7) is 2.72. The Morgan fingerprint density at radius 1 is 1.42 bits per heavy atom. The van der Waals surface area contributed by atoms with Crippen LogP contribution < -0.4 is 0 Å². The van der Waals surface area contributed by atoms with Gasteiger partial charge in [0.25, 0.3) is 0 Å². The molecule has 0 N–H and O–H groups in total. The van der Waals surface area contributed by atoms with Crippen molar-refractivity contribution in [3.8, 4) is 6.07 Å². The summed E-state index contributed by atoms with van der Waals surface area (Å²) in [5.41, 5.74) is 0. The van der Waals surface area contributed by atoms with Crippen LogP contribution in [0, 0.1) is 11.3 Å². The summed E-state index contributed by atoms with van der Waals surface area (Å²) < 4.78 is 23.4. The first-order valence-electron chi connectivity index (χ1n) is 3.84. The van der Waals surface area contributed by atoms with E-state index in [0.717, 1.165) is 6.42 Å². The minimum atomic E-state index is -3.12. The summed E-state index contributed by atoms with van der Waals surface area (Å²) in [5, 5.41) is 8.28. The van der Waals surface area contributed by atoms with Gasteiger partial charge in [-0.2, -0.15) is 5.26 Å². The lowest BCUT2D eigenvalue weighted by Gasteiger charge is -2.16. The Morgan fingerprint density at radius 3 is 2.33 bits per heavy atom. The third-order valence-electron chi connectivity index (χ3n) is 1.42. The standard InChI is InChI=1S/C7H14N2O2S/c1-3-6-9(7-4-5-8)12(2,10)11/h3-4,6-7H2,1-2H3. The van der Waals surface area contributed by atoms with Gasteiger partial charge in [0.05, 0.1) is 12.3 Å². The molecule has 0 amide bonds. The van der Waals surface area contributed by atoms with Crippen molar-refractivity contribution in [2.24, 2.45) is 0 Å². The average Bonchev–Trinajstić information content (AvgIpc) is 1.95. The van der Waals surface area contributed by atoms with E-state index in [4.69, 9.17) is 5.26 Å². The normalized spacial score (nSPS) is 11.5. The molecular weight excluding hydrogens is 176 g/mol. The van der Waals surface area contributed by atoms with Gasteiger partial charge < -0.3 is 0 Å². The Morgan fingerprint density at radius 2 is 2.00 bits per heavy atom. The summed E-state index contributed by atoms with van der Waals surface area (Å²) in [4.78, 5) is 0. The summed E-state index contributed by atoms with van der Waals surface area (Å²) in [6.07, 6.45) is 2.20. The largest absolute Gasteiger partial charge is 0.213 e. The van der Waals surface area contributed by atoms with Crippen LogP contribution in [0.1, 0.15) is 19.8 Å². The molecule has 70 valence electrons. The van der Waals surface area contributed by atoms with Gasteiger partial charge in [-0.3, -0.25) is 0 Å². The molecule has 12 heavy (non-hydrogen) atoms. The van der Waals surface area contributed by atoms with E-state index in [2.05, 4.69) is 0 Å². The molecule has 0 unspecified atom stereocenters. The zero-order chi connectivity index (χ0) is 9.61. The van der Waals surface area contributed by atoms with Crippen LogP contribution in [-0.2, 0) is 10.0 Å². The van der Waals surface area contributed by atoms with E-state index >= 15 is 0 Å². The van der Waals surface area contributed by atoms with Crippen LogP contribution in [0.25, 0.3) is 0 Å². The summed E-state index contributed by atoms with van der Waals surface area (Å²) in [5.74, 6) is 0. The lowest BCUT2D eigenvalue weighted by atomic mass is 10.4. The fourth-order valence-electron chi connectivity index (χ4n) is 0.868. The molecule has 0 atom stereocenters. The zero-order valence-electron chi connectivity index (χ0n) is 7.45. The molecule has 0 aliphatic heterocycles. The van der Waals surface area contributed by atoms with Crippen molar-refractivity contribution in [3.05, 3.63) is 0 Å². The van der Waals surface area contributed by atoms with Crippen molar-refractivity contribution in [1.29, 1.82) is 5.26 Å². The van der Waals surface area contributed by atoms with E-state index in [1.54, 1.807) is 0 Å². The number of nitrogens with zero attached hydrogens (tertiary/aromatic N) is 2. The van der Waals surface area contributed by atoms with Gasteiger partial charge >= 0.3 is 0 Å². The number of rotatable bonds is 5. The van der Waals surface area contributed by atoms with Gasteiger partial charge in [0.1, 0.15) is 0 Å². The zero-order valence-corrected chi connectivity index (χ0v) is 8.26. The van der Waals surface area contributed by atoms with Crippen molar-refractivity contribution >= 4 is 10.0 Å². The van der Waals surface area contributed by atoms with E-state index in [9.17, 15) is 8.42 Å². The maximum Gasteiger partial charge on any atom is 0.211 e. The maximum atomic E-state index is 11.0.